The summed E-state index contributed by atoms with van der Waals surface area (Å²) >= 11 is 0. The summed E-state index contributed by atoms with van der Waals surface area (Å²) in [5.41, 5.74) is 0.147. The monoisotopic (exact) mass is 322 g/mol. The molecule has 0 aliphatic heterocycles. The first-order chi connectivity index (χ1) is 10.5. The maximum atomic E-state index is 13.5. The molecule has 4 heteroatoms. The molecule has 128 valence electrons. The second-order valence-corrected chi connectivity index (χ2v) is 7.93. The number of aliphatic hydroxyl groups is 1. The Labute approximate surface area is 137 Å². The molecule has 3 nitrogen and oxygen atoms in total. The number of fused-ring (bicyclic) bond motifs is 1. The third-order valence-electron chi connectivity index (χ3n) is 4.38. The summed E-state index contributed by atoms with van der Waals surface area (Å²) in [6, 6.07) is 4.71. The van der Waals surface area contributed by atoms with E-state index in [0.717, 1.165) is 11.1 Å². The molecule has 0 saturated carbocycles. The van der Waals surface area contributed by atoms with E-state index in [1.807, 2.05) is 34.6 Å². The van der Waals surface area contributed by atoms with Crippen molar-refractivity contribution in [1.29, 1.82) is 0 Å². The topological polar surface area (TPSA) is 46.5 Å². The van der Waals surface area contributed by atoms with Crippen LogP contribution < -0.4 is 0 Å². The predicted molar refractivity (Wildman–Crippen MR) is 87.7 cm³/mol. The molecular formula is C19H27FO3. The summed E-state index contributed by atoms with van der Waals surface area (Å²) in [5.74, 6) is -0.730. The number of aryl methyl sites for hydroxylation is 1. The molecule has 1 aliphatic carbocycles. The molecule has 23 heavy (non-hydrogen) atoms. The van der Waals surface area contributed by atoms with E-state index in [1.165, 1.54) is 12.1 Å². The lowest BCUT2D eigenvalue weighted by Gasteiger charge is -2.43. The van der Waals surface area contributed by atoms with Gasteiger partial charge in [-0.2, -0.15) is 0 Å². The number of rotatable bonds is 3. The quantitative estimate of drug-likeness (QED) is 0.856. The molecule has 0 bridgehead atoms. The minimum atomic E-state index is -1.15. The lowest BCUT2D eigenvalue weighted by Crippen LogP contribution is -2.45. The van der Waals surface area contributed by atoms with Crippen molar-refractivity contribution in [3.8, 4) is 0 Å². The molecule has 1 aromatic carbocycles. The van der Waals surface area contributed by atoms with Crippen LogP contribution in [0.25, 0.3) is 0 Å². The third-order valence-corrected chi connectivity index (χ3v) is 4.38. The van der Waals surface area contributed by atoms with Gasteiger partial charge in [0.1, 0.15) is 11.4 Å². The van der Waals surface area contributed by atoms with E-state index >= 15 is 0 Å². The average Bonchev–Trinajstić information content (AvgIpc) is 2.35. The molecule has 1 N–H and O–H groups in total. The molecule has 1 aliphatic rings. The van der Waals surface area contributed by atoms with E-state index < -0.39 is 17.2 Å². The fourth-order valence-electron chi connectivity index (χ4n) is 3.70. The Morgan fingerprint density at radius 1 is 1.43 bits per heavy atom. The van der Waals surface area contributed by atoms with Crippen LogP contribution in [0.3, 0.4) is 0 Å². The summed E-state index contributed by atoms with van der Waals surface area (Å²) in [6.07, 6.45) is 0.963. The highest BCUT2D eigenvalue weighted by Gasteiger charge is 2.45. The third kappa shape index (κ3) is 4.11. The van der Waals surface area contributed by atoms with Crippen molar-refractivity contribution in [3.63, 3.8) is 0 Å². The van der Waals surface area contributed by atoms with Crippen LogP contribution in [0.4, 0.5) is 4.39 Å². The van der Waals surface area contributed by atoms with Gasteiger partial charge in [0.05, 0.1) is 12.0 Å². The SMILES string of the molecule is CC(C)[C@H]1c2ccc(F)cc2CC[C@]1(O)CC(=O)OC(C)(C)C. The van der Waals surface area contributed by atoms with Crippen molar-refractivity contribution >= 4 is 5.97 Å². The van der Waals surface area contributed by atoms with E-state index in [4.69, 9.17) is 4.74 Å². The van der Waals surface area contributed by atoms with Crippen molar-refractivity contribution in [2.45, 2.75) is 71.0 Å². The van der Waals surface area contributed by atoms with Gasteiger partial charge in [0.25, 0.3) is 0 Å². The Balaban J connectivity index is 2.31. The standard InChI is InChI=1S/C19H27FO3/c1-12(2)17-15-7-6-14(20)10-13(15)8-9-19(17,22)11-16(21)23-18(3,4)5/h6-7,10,12,17,22H,8-9,11H2,1-5H3/t17-,19-/m0/s1. The normalized spacial score (nSPS) is 24.4. The maximum absolute atomic E-state index is 13.5. The Kier molecular flexibility index (Phi) is 4.86. The highest BCUT2D eigenvalue weighted by atomic mass is 19.1. The van der Waals surface area contributed by atoms with E-state index in [0.29, 0.717) is 12.8 Å². The molecule has 0 amide bonds. The first kappa shape index (κ1) is 17.9. The summed E-state index contributed by atoms with van der Waals surface area (Å²) in [6.45, 7) is 9.47. The van der Waals surface area contributed by atoms with E-state index in [2.05, 4.69) is 0 Å². The summed E-state index contributed by atoms with van der Waals surface area (Å²) in [5, 5.41) is 11.2. The van der Waals surface area contributed by atoms with Crippen molar-refractivity contribution in [3.05, 3.63) is 35.1 Å². The van der Waals surface area contributed by atoms with Crippen molar-refractivity contribution in [2.24, 2.45) is 5.92 Å². The van der Waals surface area contributed by atoms with Crippen molar-refractivity contribution in [2.75, 3.05) is 0 Å². The molecular weight excluding hydrogens is 295 g/mol. The fraction of sp³-hybridized carbons (Fsp3) is 0.632. The number of ether oxygens (including phenoxy) is 1. The Morgan fingerprint density at radius 2 is 2.09 bits per heavy atom. The lowest BCUT2D eigenvalue weighted by molar-refractivity contribution is -0.162. The van der Waals surface area contributed by atoms with Gasteiger partial charge in [-0.1, -0.05) is 19.9 Å². The second kappa shape index (κ2) is 6.23. The van der Waals surface area contributed by atoms with Gasteiger partial charge in [0.2, 0.25) is 0 Å². The van der Waals surface area contributed by atoms with Crippen LogP contribution in [-0.4, -0.2) is 22.3 Å². The number of hydrogen-bond donors (Lipinski definition) is 1. The number of carbonyl (C=O) groups excluding carboxylic acids is 1. The largest absolute Gasteiger partial charge is 0.460 e. The van der Waals surface area contributed by atoms with Crippen LogP contribution in [0.1, 0.15) is 64.5 Å². The Morgan fingerprint density at radius 3 is 2.65 bits per heavy atom. The molecule has 0 aromatic heterocycles. The number of esters is 1. The van der Waals surface area contributed by atoms with E-state index in [9.17, 15) is 14.3 Å². The molecule has 2 rings (SSSR count). The molecule has 0 unspecified atom stereocenters. The first-order valence-corrected chi connectivity index (χ1v) is 8.24. The van der Waals surface area contributed by atoms with E-state index in [1.54, 1.807) is 6.07 Å². The molecule has 0 spiro atoms. The summed E-state index contributed by atoms with van der Waals surface area (Å²) in [7, 11) is 0. The fourth-order valence-corrected chi connectivity index (χ4v) is 3.70. The van der Waals surface area contributed by atoms with Crippen LogP contribution in [0.2, 0.25) is 0 Å². The number of benzene rings is 1. The van der Waals surface area contributed by atoms with Gasteiger partial charge in [-0.05, 0) is 62.8 Å². The van der Waals surface area contributed by atoms with Gasteiger partial charge in [-0.15, -0.1) is 0 Å². The van der Waals surface area contributed by atoms with Crippen LogP contribution in [0, 0.1) is 11.7 Å². The Hall–Kier alpha value is -1.42. The minimum absolute atomic E-state index is 0.0378. The van der Waals surface area contributed by atoms with Gasteiger partial charge in [-0.25, -0.2) is 4.39 Å². The number of hydrogen-bond acceptors (Lipinski definition) is 3. The average molecular weight is 322 g/mol. The predicted octanol–water partition coefficient (Wildman–Crippen LogP) is 3.97. The highest BCUT2D eigenvalue weighted by Crippen LogP contribution is 2.45. The van der Waals surface area contributed by atoms with Crippen molar-refractivity contribution in [1.82, 2.24) is 0 Å². The number of carbonyl (C=O) groups is 1. The summed E-state index contributed by atoms with van der Waals surface area (Å²) in [4.78, 5) is 12.2. The van der Waals surface area contributed by atoms with Crippen LogP contribution in [0.5, 0.6) is 0 Å². The Bertz CT molecular complexity index is 589. The maximum Gasteiger partial charge on any atom is 0.309 e. The molecule has 1 aromatic rings. The van der Waals surface area contributed by atoms with Gasteiger partial charge < -0.3 is 9.84 Å². The smallest absolute Gasteiger partial charge is 0.309 e. The zero-order valence-electron chi connectivity index (χ0n) is 14.6. The lowest BCUT2D eigenvalue weighted by atomic mass is 9.66. The van der Waals surface area contributed by atoms with Crippen LogP contribution in [-0.2, 0) is 16.0 Å². The zero-order chi connectivity index (χ0) is 17.4. The first-order valence-electron chi connectivity index (χ1n) is 8.24. The highest BCUT2D eigenvalue weighted by molar-refractivity contribution is 5.71. The molecule has 2 atom stereocenters. The molecule has 0 radical (unpaired) electrons. The summed E-state index contributed by atoms with van der Waals surface area (Å²) < 4.78 is 18.9. The zero-order valence-corrected chi connectivity index (χ0v) is 14.6. The van der Waals surface area contributed by atoms with Gasteiger partial charge in [0, 0.05) is 5.92 Å². The molecule has 0 heterocycles. The van der Waals surface area contributed by atoms with Crippen LogP contribution >= 0.6 is 0 Å². The molecule has 0 saturated heterocycles. The number of halogens is 1. The van der Waals surface area contributed by atoms with Gasteiger partial charge in [0.15, 0.2) is 0 Å². The van der Waals surface area contributed by atoms with Gasteiger partial charge in [-0.3, -0.25) is 4.79 Å². The van der Waals surface area contributed by atoms with Crippen LogP contribution in [0.15, 0.2) is 18.2 Å². The second-order valence-electron chi connectivity index (χ2n) is 7.93. The van der Waals surface area contributed by atoms with Crippen molar-refractivity contribution < 1.29 is 19.0 Å². The van der Waals surface area contributed by atoms with E-state index in [-0.39, 0.29) is 24.1 Å². The molecule has 0 fully saturated rings. The minimum Gasteiger partial charge on any atom is -0.460 e. The van der Waals surface area contributed by atoms with Gasteiger partial charge >= 0.3 is 5.97 Å².